The van der Waals surface area contributed by atoms with Crippen LogP contribution in [0.4, 0.5) is 0 Å². The van der Waals surface area contributed by atoms with Crippen molar-refractivity contribution in [3.05, 3.63) is 35.7 Å². The smallest absolute Gasteiger partial charge is 0.0812 e. The number of aryl methyl sites for hydroxylation is 1. The molecule has 3 nitrogen and oxygen atoms in total. The molecule has 0 amide bonds. The standard InChI is InChI=1S/C17H27NO2/c1-5-6-8-20-9-7-18-13(2)10-14-15(18)11-17(3,4)12-16(14)19/h5,10,16,19H,1,6-9,11-12H2,2-4H3. The maximum atomic E-state index is 10.3. The summed E-state index contributed by atoms with van der Waals surface area (Å²) in [5.41, 5.74) is 3.80. The molecule has 1 N–H and O–H groups in total. The molecule has 0 spiro atoms. The van der Waals surface area contributed by atoms with Crippen LogP contribution in [0.5, 0.6) is 0 Å². The fraction of sp³-hybridized carbons (Fsp3) is 0.647. The molecule has 0 aromatic carbocycles. The van der Waals surface area contributed by atoms with Gasteiger partial charge in [-0.25, -0.2) is 0 Å². The SMILES string of the molecule is C=CCCOCCn1c(C)cc2c1CC(C)(C)CC2O. The first-order valence-corrected chi connectivity index (χ1v) is 7.50. The Labute approximate surface area is 122 Å². The van der Waals surface area contributed by atoms with Gasteiger partial charge in [-0.15, -0.1) is 6.58 Å². The van der Waals surface area contributed by atoms with E-state index in [1.165, 1.54) is 11.4 Å². The van der Waals surface area contributed by atoms with Crippen LogP contribution in [0.15, 0.2) is 18.7 Å². The second kappa shape index (κ2) is 6.15. The molecule has 1 aliphatic carbocycles. The van der Waals surface area contributed by atoms with E-state index >= 15 is 0 Å². The second-order valence-corrected chi connectivity index (χ2v) is 6.59. The minimum Gasteiger partial charge on any atom is -0.388 e. The number of aromatic nitrogens is 1. The van der Waals surface area contributed by atoms with Crippen molar-refractivity contribution in [1.29, 1.82) is 0 Å². The second-order valence-electron chi connectivity index (χ2n) is 6.59. The lowest BCUT2D eigenvalue weighted by molar-refractivity contribution is 0.0957. The van der Waals surface area contributed by atoms with Crippen molar-refractivity contribution in [2.75, 3.05) is 13.2 Å². The van der Waals surface area contributed by atoms with Crippen molar-refractivity contribution in [2.45, 2.75) is 52.7 Å². The largest absolute Gasteiger partial charge is 0.388 e. The van der Waals surface area contributed by atoms with Gasteiger partial charge in [0.05, 0.1) is 19.3 Å². The highest BCUT2D eigenvalue weighted by Gasteiger charge is 2.33. The van der Waals surface area contributed by atoms with Crippen LogP contribution in [0.1, 0.15) is 49.7 Å². The average molecular weight is 277 g/mol. The van der Waals surface area contributed by atoms with E-state index in [1.807, 2.05) is 6.08 Å². The van der Waals surface area contributed by atoms with Gasteiger partial charge in [0, 0.05) is 23.5 Å². The Kier molecular flexibility index (Phi) is 4.71. The van der Waals surface area contributed by atoms with Gasteiger partial charge in [-0.1, -0.05) is 19.9 Å². The number of nitrogens with zero attached hydrogens (tertiary/aromatic N) is 1. The predicted octanol–water partition coefficient (Wildman–Crippen LogP) is 3.40. The summed E-state index contributed by atoms with van der Waals surface area (Å²) in [7, 11) is 0. The van der Waals surface area contributed by atoms with Gasteiger partial charge in [0.1, 0.15) is 0 Å². The maximum Gasteiger partial charge on any atom is 0.0812 e. The number of fused-ring (bicyclic) bond motifs is 1. The molecule has 2 rings (SSSR count). The van der Waals surface area contributed by atoms with E-state index in [0.29, 0.717) is 6.61 Å². The minimum absolute atomic E-state index is 0.165. The molecule has 0 bridgehead atoms. The van der Waals surface area contributed by atoms with Crippen molar-refractivity contribution in [2.24, 2.45) is 5.41 Å². The Morgan fingerprint density at radius 2 is 2.25 bits per heavy atom. The van der Waals surface area contributed by atoms with E-state index < -0.39 is 0 Å². The zero-order chi connectivity index (χ0) is 14.8. The third-order valence-electron chi connectivity index (χ3n) is 4.13. The summed E-state index contributed by atoms with van der Waals surface area (Å²) in [5.74, 6) is 0. The molecule has 1 aromatic heterocycles. The Morgan fingerprint density at radius 3 is 2.95 bits per heavy atom. The Bertz CT molecular complexity index is 474. The third-order valence-corrected chi connectivity index (χ3v) is 4.13. The van der Waals surface area contributed by atoms with Crippen molar-refractivity contribution < 1.29 is 9.84 Å². The van der Waals surface area contributed by atoms with Gasteiger partial charge in [0.2, 0.25) is 0 Å². The number of ether oxygens (including phenoxy) is 1. The molecule has 1 atom stereocenters. The van der Waals surface area contributed by atoms with E-state index in [2.05, 4.69) is 38.0 Å². The summed E-state index contributed by atoms with van der Waals surface area (Å²) in [6.07, 6.45) is 4.32. The minimum atomic E-state index is -0.324. The van der Waals surface area contributed by atoms with Crippen LogP contribution in [0.3, 0.4) is 0 Å². The van der Waals surface area contributed by atoms with Gasteiger partial charge >= 0.3 is 0 Å². The van der Waals surface area contributed by atoms with Crippen LogP contribution < -0.4 is 0 Å². The van der Waals surface area contributed by atoms with E-state index in [9.17, 15) is 5.11 Å². The lowest BCUT2D eigenvalue weighted by atomic mass is 9.75. The monoisotopic (exact) mass is 277 g/mol. The molecule has 112 valence electrons. The zero-order valence-corrected chi connectivity index (χ0v) is 13.0. The summed E-state index contributed by atoms with van der Waals surface area (Å²) in [6, 6.07) is 2.14. The zero-order valence-electron chi connectivity index (χ0n) is 13.0. The lowest BCUT2D eigenvalue weighted by Crippen LogP contribution is -2.27. The molecule has 1 unspecified atom stereocenters. The van der Waals surface area contributed by atoms with Gasteiger partial charge in [-0.05, 0) is 37.7 Å². The molecule has 1 aromatic rings. The number of aliphatic hydroxyl groups excluding tert-OH is 1. The quantitative estimate of drug-likeness (QED) is 0.639. The molecule has 0 saturated heterocycles. The van der Waals surface area contributed by atoms with Crippen molar-refractivity contribution in [3.8, 4) is 0 Å². The normalized spacial score (nSPS) is 20.7. The third kappa shape index (κ3) is 3.33. The number of aliphatic hydroxyl groups is 1. The van der Waals surface area contributed by atoms with Crippen molar-refractivity contribution in [3.63, 3.8) is 0 Å². The highest BCUT2D eigenvalue weighted by atomic mass is 16.5. The van der Waals surface area contributed by atoms with Crippen molar-refractivity contribution >= 4 is 0 Å². The first-order chi connectivity index (χ1) is 9.44. The molecule has 0 fully saturated rings. The van der Waals surface area contributed by atoms with Gasteiger partial charge < -0.3 is 14.4 Å². The Morgan fingerprint density at radius 1 is 1.50 bits per heavy atom. The fourth-order valence-corrected chi connectivity index (χ4v) is 3.14. The highest BCUT2D eigenvalue weighted by molar-refractivity contribution is 5.33. The average Bonchev–Trinajstić information content (AvgIpc) is 2.65. The van der Waals surface area contributed by atoms with E-state index in [4.69, 9.17) is 4.74 Å². The topological polar surface area (TPSA) is 34.4 Å². The number of rotatable bonds is 6. The fourth-order valence-electron chi connectivity index (χ4n) is 3.14. The van der Waals surface area contributed by atoms with Gasteiger partial charge in [-0.2, -0.15) is 0 Å². The summed E-state index contributed by atoms with van der Waals surface area (Å²) in [6.45, 7) is 12.6. The highest BCUT2D eigenvalue weighted by Crippen LogP contribution is 2.41. The van der Waals surface area contributed by atoms with Crippen LogP contribution >= 0.6 is 0 Å². The van der Waals surface area contributed by atoms with E-state index in [0.717, 1.165) is 38.0 Å². The van der Waals surface area contributed by atoms with Gasteiger partial charge in [0.15, 0.2) is 0 Å². The first kappa shape index (κ1) is 15.3. The summed E-state index contributed by atoms with van der Waals surface area (Å²) in [5, 5.41) is 10.3. The van der Waals surface area contributed by atoms with Crippen LogP contribution in [0.25, 0.3) is 0 Å². The molecule has 0 aliphatic heterocycles. The first-order valence-electron chi connectivity index (χ1n) is 7.50. The summed E-state index contributed by atoms with van der Waals surface area (Å²) >= 11 is 0. The molecule has 1 heterocycles. The number of hydrogen-bond donors (Lipinski definition) is 1. The summed E-state index contributed by atoms with van der Waals surface area (Å²) < 4.78 is 7.93. The Hall–Kier alpha value is -1.06. The molecule has 3 heteroatoms. The predicted molar refractivity (Wildman–Crippen MR) is 81.9 cm³/mol. The molecular weight excluding hydrogens is 250 g/mol. The molecular formula is C17H27NO2. The van der Waals surface area contributed by atoms with E-state index in [-0.39, 0.29) is 11.5 Å². The summed E-state index contributed by atoms with van der Waals surface area (Å²) in [4.78, 5) is 0. The lowest BCUT2D eigenvalue weighted by Gasteiger charge is -2.34. The van der Waals surface area contributed by atoms with Crippen LogP contribution in [-0.4, -0.2) is 22.9 Å². The maximum absolute atomic E-state index is 10.3. The molecule has 0 radical (unpaired) electrons. The van der Waals surface area contributed by atoms with Gasteiger partial charge in [-0.3, -0.25) is 0 Å². The Balaban J connectivity index is 2.08. The van der Waals surface area contributed by atoms with Crippen molar-refractivity contribution in [1.82, 2.24) is 4.57 Å². The molecule has 0 saturated carbocycles. The molecule has 20 heavy (non-hydrogen) atoms. The van der Waals surface area contributed by atoms with Crippen LogP contribution in [0.2, 0.25) is 0 Å². The number of hydrogen-bond acceptors (Lipinski definition) is 2. The van der Waals surface area contributed by atoms with E-state index in [1.54, 1.807) is 0 Å². The molecule has 1 aliphatic rings. The van der Waals surface area contributed by atoms with Gasteiger partial charge in [0.25, 0.3) is 0 Å². The van der Waals surface area contributed by atoms with Crippen LogP contribution in [-0.2, 0) is 17.7 Å². The van der Waals surface area contributed by atoms with Crippen LogP contribution in [0, 0.1) is 12.3 Å².